The molecule has 0 unspecified atom stereocenters. The Bertz CT molecular complexity index is 758. The lowest BCUT2D eigenvalue weighted by Gasteiger charge is -2.16. The van der Waals surface area contributed by atoms with E-state index in [1.54, 1.807) is 12.1 Å². The fourth-order valence-corrected chi connectivity index (χ4v) is 2.48. The van der Waals surface area contributed by atoms with Crippen molar-refractivity contribution < 1.29 is 14.6 Å². The Morgan fingerprint density at radius 2 is 2.16 bits per heavy atom. The van der Waals surface area contributed by atoms with Crippen LogP contribution in [-0.4, -0.2) is 21.7 Å². The second-order valence-corrected chi connectivity index (χ2v) is 5.38. The van der Waals surface area contributed by atoms with Gasteiger partial charge in [-0.15, -0.1) is 0 Å². The number of benzene rings is 1. The van der Waals surface area contributed by atoms with E-state index in [1.165, 1.54) is 6.20 Å². The number of fused-ring (bicyclic) bond motifs is 2. The van der Waals surface area contributed by atoms with E-state index >= 15 is 0 Å². The van der Waals surface area contributed by atoms with Crippen molar-refractivity contribution in [1.82, 2.24) is 4.98 Å². The molecule has 1 aromatic heterocycles. The lowest BCUT2D eigenvalue weighted by molar-refractivity contribution is 0.0695. The van der Waals surface area contributed by atoms with Crippen molar-refractivity contribution in [3.8, 4) is 5.75 Å². The van der Waals surface area contributed by atoms with Crippen LogP contribution in [0.4, 0.5) is 0 Å². The number of aromatic carboxylic acids is 1. The lowest BCUT2D eigenvalue weighted by atomic mass is 10.00. The van der Waals surface area contributed by atoms with Crippen molar-refractivity contribution in [2.24, 2.45) is 0 Å². The van der Waals surface area contributed by atoms with Crippen molar-refractivity contribution >= 4 is 16.9 Å². The summed E-state index contributed by atoms with van der Waals surface area (Å²) in [5, 5.41) is 9.35. The maximum Gasteiger partial charge on any atom is 0.341 e. The Morgan fingerprint density at radius 3 is 2.84 bits per heavy atom. The summed E-state index contributed by atoms with van der Waals surface area (Å²) in [6.07, 6.45) is 1.93. The highest BCUT2D eigenvalue weighted by molar-refractivity contribution is 5.92. The number of hydrogen-bond donors (Lipinski definition) is 2. The van der Waals surface area contributed by atoms with Crippen LogP contribution in [0.5, 0.6) is 5.75 Å². The zero-order valence-corrected chi connectivity index (χ0v) is 10.6. The minimum absolute atomic E-state index is 0.245. The van der Waals surface area contributed by atoms with Gasteiger partial charge in [0.25, 0.3) is 0 Å². The maximum atomic E-state index is 12.1. The zero-order valence-electron chi connectivity index (χ0n) is 10.6. The molecule has 1 aliphatic rings. The molecule has 1 aromatic carbocycles. The fourth-order valence-electron chi connectivity index (χ4n) is 2.48. The van der Waals surface area contributed by atoms with Crippen LogP contribution < -0.4 is 10.2 Å². The topological polar surface area (TPSA) is 79.4 Å². The number of carbonyl (C=O) groups is 1. The van der Waals surface area contributed by atoms with Gasteiger partial charge < -0.3 is 14.8 Å². The van der Waals surface area contributed by atoms with E-state index in [2.05, 4.69) is 4.98 Å². The monoisotopic (exact) mass is 259 g/mol. The van der Waals surface area contributed by atoms with Crippen molar-refractivity contribution in [2.45, 2.75) is 25.9 Å². The minimum atomic E-state index is -1.22. The molecule has 0 fully saturated rings. The van der Waals surface area contributed by atoms with Gasteiger partial charge in [-0.05, 0) is 25.5 Å². The molecule has 0 spiro atoms. The molecule has 3 rings (SSSR count). The van der Waals surface area contributed by atoms with E-state index in [9.17, 15) is 9.59 Å². The summed E-state index contributed by atoms with van der Waals surface area (Å²) in [6, 6.07) is 3.48. The highest BCUT2D eigenvalue weighted by Crippen LogP contribution is 2.36. The quantitative estimate of drug-likeness (QED) is 0.820. The minimum Gasteiger partial charge on any atom is -0.487 e. The van der Waals surface area contributed by atoms with Gasteiger partial charge in [0.05, 0.1) is 5.52 Å². The van der Waals surface area contributed by atoms with Gasteiger partial charge in [-0.3, -0.25) is 4.79 Å². The molecule has 2 N–H and O–H groups in total. The molecule has 0 saturated heterocycles. The van der Waals surface area contributed by atoms with Gasteiger partial charge in [0, 0.05) is 24.1 Å². The van der Waals surface area contributed by atoms with Crippen LogP contribution in [0.25, 0.3) is 10.9 Å². The Hall–Kier alpha value is -2.30. The van der Waals surface area contributed by atoms with E-state index in [0.29, 0.717) is 17.3 Å². The molecular formula is C14H13NO4. The largest absolute Gasteiger partial charge is 0.487 e. The van der Waals surface area contributed by atoms with Gasteiger partial charge >= 0.3 is 5.97 Å². The summed E-state index contributed by atoms with van der Waals surface area (Å²) in [5.41, 5.74) is 0.523. The summed E-state index contributed by atoms with van der Waals surface area (Å²) in [6.45, 7) is 3.95. The van der Waals surface area contributed by atoms with E-state index in [0.717, 1.165) is 11.3 Å². The number of pyridine rings is 1. The van der Waals surface area contributed by atoms with E-state index in [-0.39, 0.29) is 11.2 Å². The third-order valence-corrected chi connectivity index (χ3v) is 3.29. The first kappa shape index (κ1) is 11.8. The van der Waals surface area contributed by atoms with Gasteiger partial charge in [0.1, 0.15) is 16.9 Å². The number of aromatic nitrogens is 1. The van der Waals surface area contributed by atoms with Crippen molar-refractivity contribution in [3.05, 3.63) is 39.7 Å². The number of carboxylic acids is 1. The van der Waals surface area contributed by atoms with Gasteiger partial charge in [0.2, 0.25) is 5.43 Å². The van der Waals surface area contributed by atoms with Crippen molar-refractivity contribution in [1.29, 1.82) is 0 Å². The van der Waals surface area contributed by atoms with Crippen molar-refractivity contribution in [3.63, 3.8) is 0 Å². The smallest absolute Gasteiger partial charge is 0.341 e. The van der Waals surface area contributed by atoms with Crippen LogP contribution in [0, 0.1) is 0 Å². The number of carboxylic acid groups (broad SMARTS) is 1. The number of aromatic amines is 1. The molecule has 0 saturated carbocycles. The molecule has 5 heteroatoms. The molecule has 2 heterocycles. The molecule has 2 aromatic rings. The summed E-state index contributed by atoms with van der Waals surface area (Å²) >= 11 is 0. The Morgan fingerprint density at radius 1 is 1.42 bits per heavy atom. The number of rotatable bonds is 1. The third kappa shape index (κ3) is 1.78. The molecule has 1 aliphatic heterocycles. The maximum absolute atomic E-state index is 12.1. The van der Waals surface area contributed by atoms with Crippen LogP contribution in [0.2, 0.25) is 0 Å². The summed E-state index contributed by atoms with van der Waals surface area (Å²) < 4.78 is 5.78. The first-order valence-electron chi connectivity index (χ1n) is 5.98. The van der Waals surface area contributed by atoms with Crippen molar-refractivity contribution in [2.75, 3.05) is 0 Å². The Kier molecular flexibility index (Phi) is 2.23. The number of nitrogens with one attached hydrogen (secondary N) is 1. The zero-order chi connectivity index (χ0) is 13.8. The first-order chi connectivity index (χ1) is 8.87. The van der Waals surface area contributed by atoms with Gasteiger partial charge in [-0.25, -0.2) is 4.79 Å². The van der Waals surface area contributed by atoms with Gasteiger partial charge in [-0.2, -0.15) is 0 Å². The molecule has 19 heavy (non-hydrogen) atoms. The summed E-state index contributed by atoms with van der Waals surface area (Å²) in [7, 11) is 0. The molecule has 0 atom stereocenters. The van der Waals surface area contributed by atoms with E-state index in [4.69, 9.17) is 9.84 Å². The molecule has 98 valence electrons. The predicted molar refractivity (Wildman–Crippen MR) is 69.9 cm³/mol. The van der Waals surface area contributed by atoms with Gasteiger partial charge in [-0.1, -0.05) is 0 Å². The molecule has 0 amide bonds. The number of H-pyrrole nitrogens is 1. The van der Waals surface area contributed by atoms with Gasteiger partial charge in [0.15, 0.2) is 0 Å². The van der Waals surface area contributed by atoms with Crippen LogP contribution in [0.1, 0.15) is 29.8 Å². The summed E-state index contributed by atoms with van der Waals surface area (Å²) in [5.74, 6) is -0.476. The van der Waals surface area contributed by atoms with E-state index < -0.39 is 11.4 Å². The van der Waals surface area contributed by atoms with Crippen LogP contribution in [0.3, 0.4) is 0 Å². The molecule has 5 nitrogen and oxygen atoms in total. The average Bonchev–Trinajstić information content (AvgIpc) is 2.59. The predicted octanol–water partition coefficient (Wildman–Crippen LogP) is 1.94. The highest BCUT2D eigenvalue weighted by atomic mass is 16.5. The average molecular weight is 259 g/mol. The van der Waals surface area contributed by atoms with E-state index in [1.807, 2.05) is 13.8 Å². The normalized spacial score (nSPS) is 16.1. The fraction of sp³-hybridized carbons (Fsp3) is 0.286. The number of ether oxygens (including phenoxy) is 1. The van der Waals surface area contributed by atoms with Crippen LogP contribution in [0.15, 0.2) is 23.1 Å². The first-order valence-corrected chi connectivity index (χ1v) is 5.98. The molecular weight excluding hydrogens is 246 g/mol. The molecule has 0 radical (unpaired) electrons. The third-order valence-electron chi connectivity index (χ3n) is 3.29. The Labute approximate surface area is 108 Å². The Balaban J connectivity index is 2.28. The number of hydrogen-bond acceptors (Lipinski definition) is 3. The SMILES string of the molecule is CC1(C)Cc2cc3c(=O)c(C(=O)O)c[nH]c3cc2O1. The van der Waals surface area contributed by atoms with Crippen LogP contribution in [-0.2, 0) is 6.42 Å². The second kappa shape index (κ2) is 3.60. The van der Waals surface area contributed by atoms with Crippen LogP contribution >= 0.6 is 0 Å². The summed E-state index contributed by atoms with van der Waals surface area (Å²) in [4.78, 5) is 25.9. The second-order valence-electron chi connectivity index (χ2n) is 5.38. The molecule has 0 aliphatic carbocycles. The standard InChI is InChI=1S/C14H13NO4/c1-14(2)5-7-3-8-10(4-11(7)19-14)15-6-9(12(8)16)13(17)18/h3-4,6H,5H2,1-2H3,(H,15,16)(H,17,18). The highest BCUT2D eigenvalue weighted by Gasteiger charge is 2.30. The molecule has 0 bridgehead atoms. The lowest BCUT2D eigenvalue weighted by Crippen LogP contribution is -2.24.